The van der Waals surface area contributed by atoms with E-state index in [0.29, 0.717) is 17.9 Å². The van der Waals surface area contributed by atoms with Gasteiger partial charge < -0.3 is 14.6 Å². The second-order valence-electron chi connectivity index (χ2n) is 13.3. The number of nitro benzene ring substituents is 1. The number of carboxylic acids is 1. The largest absolute Gasteiger partial charge is 0.494 e. The van der Waals surface area contributed by atoms with Crippen molar-refractivity contribution in [1.29, 1.82) is 0 Å². The number of unbranched alkanes of at least 4 members (excludes halogenated alkanes) is 12. The third-order valence-electron chi connectivity index (χ3n) is 8.77. The lowest BCUT2D eigenvalue weighted by Gasteiger charge is -2.15. The van der Waals surface area contributed by atoms with Gasteiger partial charge in [-0.25, -0.2) is 4.79 Å². The normalized spacial score (nSPS) is 11.7. The first-order valence-electron chi connectivity index (χ1n) is 19.6. The zero-order valence-corrected chi connectivity index (χ0v) is 32.0. The number of nitro groups is 1. The average Bonchev–Trinajstić information content (AvgIpc) is 3.15. The molecule has 0 radical (unpaired) electrons. The number of allylic oxidation sites excluding steroid dienone is 4. The molecule has 3 aromatic carbocycles. The lowest BCUT2D eigenvalue weighted by molar-refractivity contribution is -0.386. The highest BCUT2D eigenvalue weighted by Gasteiger charge is 2.18. The van der Waals surface area contributed by atoms with Crippen LogP contribution in [0.25, 0.3) is 11.1 Å². The lowest BCUT2D eigenvalue weighted by atomic mass is 10.0. The first-order valence-corrected chi connectivity index (χ1v) is 19.6. The molecule has 3 aromatic rings. The molecule has 0 aromatic heterocycles. The van der Waals surface area contributed by atoms with Crippen LogP contribution in [0.15, 0.2) is 97.1 Å². The summed E-state index contributed by atoms with van der Waals surface area (Å²) in [4.78, 5) is 21.8. The van der Waals surface area contributed by atoms with E-state index in [-0.39, 0.29) is 16.7 Å². The second-order valence-corrected chi connectivity index (χ2v) is 13.3. The molecule has 0 amide bonds. The summed E-state index contributed by atoms with van der Waals surface area (Å²) < 4.78 is 11.5. The molecule has 0 aliphatic carbocycles. The van der Waals surface area contributed by atoms with E-state index in [1.165, 1.54) is 83.5 Å². The van der Waals surface area contributed by atoms with Crippen LogP contribution in [-0.2, 0) is 0 Å². The molecule has 0 spiro atoms. The maximum atomic E-state index is 11.4. The van der Waals surface area contributed by atoms with Crippen molar-refractivity contribution in [2.45, 2.75) is 136 Å². The molecule has 1 atom stereocenters. The van der Waals surface area contributed by atoms with Crippen molar-refractivity contribution >= 4 is 11.7 Å². The van der Waals surface area contributed by atoms with Gasteiger partial charge in [0.1, 0.15) is 5.75 Å². The molecule has 7 heteroatoms. The SMILES string of the molecule is CCCCC/C=C/C/C=C/CCCCCCCCOc1ccc(C(=O)O)cc1.CCCCCC[C@H](C)Oc1ccc(-c2ccccc2)cc1[N+](=O)[O-]. The van der Waals surface area contributed by atoms with Crippen LogP contribution in [0.2, 0.25) is 0 Å². The summed E-state index contributed by atoms with van der Waals surface area (Å²) >= 11 is 0. The Balaban J connectivity index is 0.000000364. The molecule has 52 heavy (non-hydrogen) atoms. The van der Waals surface area contributed by atoms with Crippen molar-refractivity contribution in [2.24, 2.45) is 0 Å². The van der Waals surface area contributed by atoms with Crippen LogP contribution >= 0.6 is 0 Å². The molecule has 7 nitrogen and oxygen atoms in total. The summed E-state index contributed by atoms with van der Waals surface area (Å²) in [5, 5.41) is 20.3. The standard InChI is InChI=1S/C25H38O3.C20H25NO3/c1-2-3-4-5-6-7-8-9-10-11-12-13-14-15-16-17-22-28-24-20-18-23(19-21-24)25(26)27;1-3-4-5-7-10-16(2)24-20-14-13-18(15-19(20)21(22)23)17-11-8-6-9-12-17/h6-7,9-10,18-21H,2-5,8,11-17,22H2,1H3,(H,26,27);6,8-9,11-16H,3-5,7,10H2,1-2H3/b7-6+,10-9+;/t;16-/m.0/s1. The molecule has 0 heterocycles. The fourth-order valence-corrected chi connectivity index (χ4v) is 5.68. The van der Waals surface area contributed by atoms with Gasteiger partial charge in [0.05, 0.1) is 23.2 Å². The smallest absolute Gasteiger partial charge is 0.335 e. The predicted molar refractivity (Wildman–Crippen MR) is 216 cm³/mol. The van der Waals surface area contributed by atoms with Gasteiger partial charge in [0.25, 0.3) is 0 Å². The number of carboxylic acid groups (broad SMARTS) is 1. The maximum Gasteiger partial charge on any atom is 0.335 e. The van der Waals surface area contributed by atoms with Gasteiger partial charge in [0.15, 0.2) is 5.75 Å². The molecule has 284 valence electrons. The number of benzene rings is 3. The Kier molecular flexibility index (Phi) is 23.8. The molecule has 0 saturated heterocycles. The molecule has 0 aliphatic rings. The Labute approximate surface area is 313 Å². The Bertz CT molecular complexity index is 1430. The van der Waals surface area contributed by atoms with Crippen LogP contribution in [0.5, 0.6) is 11.5 Å². The minimum Gasteiger partial charge on any atom is -0.494 e. The molecule has 0 bridgehead atoms. The fraction of sp³-hybridized carbons (Fsp3) is 0.489. The number of carbonyl (C=O) groups is 1. The van der Waals surface area contributed by atoms with Gasteiger partial charge in [-0.2, -0.15) is 0 Å². The van der Waals surface area contributed by atoms with E-state index >= 15 is 0 Å². The van der Waals surface area contributed by atoms with Gasteiger partial charge in [0, 0.05) is 6.07 Å². The minimum absolute atomic E-state index is 0.0248. The summed E-state index contributed by atoms with van der Waals surface area (Å²) in [6, 6.07) is 21.4. The van der Waals surface area contributed by atoms with Crippen LogP contribution in [0.4, 0.5) is 5.69 Å². The molecule has 0 unspecified atom stereocenters. The van der Waals surface area contributed by atoms with Gasteiger partial charge in [-0.05, 0) is 99.7 Å². The molecular weight excluding hydrogens is 650 g/mol. The van der Waals surface area contributed by atoms with Gasteiger partial charge in [-0.15, -0.1) is 0 Å². The van der Waals surface area contributed by atoms with Gasteiger partial charge in [-0.3, -0.25) is 10.1 Å². The summed E-state index contributed by atoms with van der Waals surface area (Å²) in [6.07, 6.45) is 29.6. The van der Waals surface area contributed by atoms with Gasteiger partial charge >= 0.3 is 11.7 Å². The summed E-state index contributed by atoms with van der Waals surface area (Å²) in [5.74, 6) is 0.187. The molecule has 0 fully saturated rings. The predicted octanol–water partition coefficient (Wildman–Crippen LogP) is 13.6. The zero-order valence-electron chi connectivity index (χ0n) is 32.0. The molecule has 0 saturated carbocycles. The molecular formula is C45H63NO6. The van der Waals surface area contributed by atoms with Crippen molar-refractivity contribution in [3.05, 3.63) is 113 Å². The Morgan fingerprint density at radius 2 is 1.33 bits per heavy atom. The summed E-state index contributed by atoms with van der Waals surface area (Å²) in [7, 11) is 0. The highest BCUT2D eigenvalue weighted by Crippen LogP contribution is 2.33. The summed E-state index contributed by atoms with van der Waals surface area (Å²) in [6.45, 7) is 7.09. The molecule has 1 N–H and O–H groups in total. The van der Waals surface area contributed by atoms with Crippen molar-refractivity contribution < 1.29 is 24.3 Å². The molecule has 3 rings (SSSR count). The molecule has 0 aliphatic heterocycles. The van der Waals surface area contributed by atoms with E-state index in [1.807, 2.05) is 43.3 Å². The topological polar surface area (TPSA) is 98.9 Å². The number of nitrogens with zero attached hydrogens (tertiary/aromatic N) is 1. The second kappa shape index (κ2) is 28.2. The van der Waals surface area contributed by atoms with Crippen LogP contribution in [0, 0.1) is 10.1 Å². The zero-order chi connectivity index (χ0) is 37.7. The van der Waals surface area contributed by atoms with Crippen molar-refractivity contribution in [3.63, 3.8) is 0 Å². The van der Waals surface area contributed by atoms with E-state index in [1.54, 1.807) is 36.4 Å². The highest BCUT2D eigenvalue weighted by molar-refractivity contribution is 5.87. The van der Waals surface area contributed by atoms with E-state index < -0.39 is 5.97 Å². The number of ether oxygens (including phenoxy) is 2. The quantitative estimate of drug-likeness (QED) is 0.0385. The van der Waals surface area contributed by atoms with E-state index in [4.69, 9.17) is 14.6 Å². The number of hydrogen-bond donors (Lipinski definition) is 1. The Hall–Kier alpha value is -4.39. The van der Waals surface area contributed by atoms with E-state index in [0.717, 1.165) is 42.6 Å². The average molecular weight is 714 g/mol. The Morgan fingerprint density at radius 1 is 0.731 bits per heavy atom. The van der Waals surface area contributed by atoms with Crippen LogP contribution in [-0.4, -0.2) is 28.7 Å². The summed E-state index contributed by atoms with van der Waals surface area (Å²) in [5.41, 5.74) is 2.10. The lowest BCUT2D eigenvalue weighted by Crippen LogP contribution is -2.12. The monoisotopic (exact) mass is 713 g/mol. The van der Waals surface area contributed by atoms with Gasteiger partial charge in [0.2, 0.25) is 0 Å². The van der Waals surface area contributed by atoms with Crippen LogP contribution in [0.3, 0.4) is 0 Å². The third kappa shape index (κ3) is 19.9. The van der Waals surface area contributed by atoms with Crippen molar-refractivity contribution in [3.8, 4) is 22.6 Å². The van der Waals surface area contributed by atoms with Gasteiger partial charge in [-0.1, -0.05) is 132 Å². The number of rotatable bonds is 26. The Morgan fingerprint density at radius 3 is 1.96 bits per heavy atom. The number of hydrogen-bond acceptors (Lipinski definition) is 5. The van der Waals surface area contributed by atoms with E-state index in [2.05, 4.69) is 38.2 Å². The maximum absolute atomic E-state index is 11.4. The minimum atomic E-state index is -0.906. The van der Waals surface area contributed by atoms with E-state index in [9.17, 15) is 14.9 Å². The van der Waals surface area contributed by atoms with Crippen LogP contribution < -0.4 is 9.47 Å². The number of aromatic carboxylic acids is 1. The first kappa shape index (κ1) is 43.8. The highest BCUT2D eigenvalue weighted by atomic mass is 16.6. The van der Waals surface area contributed by atoms with Crippen LogP contribution in [0.1, 0.15) is 140 Å². The third-order valence-corrected chi connectivity index (χ3v) is 8.77. The van der Waals surface area contributed by atoms with Crippen molar-refractivity contribution in [2.75, 3.05) is 6.61 Å². The fourth-order valence-electron chi connectivity index (χ4n) is 5.68. The van der Waals surface area contributed by atoms with Crippen molar-refractivity contribution in [1.82, 2.24) is 0 Å². The first-order chi connectivity index (χ1) is 25.3.